The van der Waals surface area contributed by atoms with Crippen LogP contribution in [0.1, 0.15) is 18.9 Å². The number of amides is 2. The lowest BCUT2D eigenvalue weighted by Gasteiger charge is -2.38. The Morgan fingerprint density at radius 1 is 1.31 bits per heavy atom. The highest BCUT2D eigenvalue weighted by Crippen LogP contribution is 2.27. The van der Waals surface area contributed by atoms with Crippen LogP contribution in [0.25, 0.3) is 11.5 Å². The summed E-state index contributed by atoms with van der Waals surface area (Å²) in [4.78, 5) is 26.1. The van der Waals surface area contributed by atoms with E-state index >= 15 is 0 Å². The van der Waals surface area contributed by atoms with Gasteiger partial charge in [-0.3, -0.25) is 15.0 Å². The van der Waals surface area contributed by atoms with Crippen molar-refractivity contribution in [1.82, 2.24) is 25.3 Å². The molecule has 1 N–H and O–H groups in total. The van der Waals surface area contributed by atoms with E-state index in [0.717, 1.165) is 13.1 Å². The normalized spacial score (nSPS) is 21.3. The molecule has 0 unspecified atom stereocenters. The zero-order valence-electron chi connectivity index (χ0n) is 14.2. The number of rotatable bonds is 4. The molecule has 1 aromatic heterocycles. The summed E-state index contributed by atoms with van der Waals surface area (Å²) in [6.45, 7) is 4.80. The number of aromatic nitrogens is 2. The van der Waals surface area contributed by atoms with E-state index in [1.165, 1.54) is 12.1 Å². The van der Waals surface area contributed by atoms with Crippen molar-refractivity contribution >= 4 is 11.7 Å². The summed E-state index contributed by atoms with van der Waals surface area (Å²) in [6.07, 6.45) is 0. The predicted molar refractivity (Wildman–Crippen MR) is 90.3 cm³/mol. The topological polar surface area (TPSA) is 118 Å². The van der Waals surface area contributed by atoms with Crippen LogP contribution in [-0.4, -0.2) is 63.2 Å². The summed E-state index contributed by atoms with van der Waals surface area (Å²) in [5.74, 6) is 0.821. The first kappa shape index (κ1) is 16.5. The second kappa shape index (κ2) is 6.37. The fraction of sp³-hybridized carbons (Fsp3) is 0.438. The number of nitrogens with zero attached hydrogens (tertiary/aromatic N) is 5. The smallest absolute Gasteiger partial charge is 0.317 e. The van der Waals surface area contributed by atoms with Gasteiger partial charge >= 0.3 is 6.03 Å². The summed E-state index contributed by atoms with van der Waals surface area (Å²) in [6, 6.07) is 6.09. The lowest BCUT2D eigenvalue weighted by molar-refractivity contribution is -0.384. The van der Waals surface area contributed by atoms with E-state index in [1.54, 1.807) is 12.1 Å². The SMILES string of the molecule is C[C@H](c1nnc(-c2ccc([N+](=O)[O-])cc2)o1)N1CCN2C(=O)NC[C@@H]2C1. The van der Waals surface area contributed by atoms with Gasteiger partial charge in [0, 0.05) is 43.9 Å². The van der Waals surface area contributed by atoms with Gasteiger partial charge in [-0.05, 0) is 19.1 Å². The number of benzene rings is 1. The van der Waals surface area contributed by atoms with Crippen molar-refractivity contribution in [2.45, 2.75) is 19.0 Å². The predicted octanol–water partition coefficient (Wildman–Crippen LogP) is 1.42. The minimum atomic E-state index is -0.451. The molecule has 2 saturated heterocycles. The first-order valence-electron chi connectivity index (χ1n) is 8.39. The minimum Gasteiger partial charge on any atom is -0.419 e. The molecular weight excluding hydrogens is 340 g/mol. The van der Waals surface area contributed by atoms with Crippen molar-refractivity contribution in [3.05, 3.63) is 40.3 Å². The molecule has 2 aromatic rings. The highest BCUT2D eigenvalue weighted by molar-refractivity contribution is 5.77. The number of nitro groups is 1. The van der Waals surface area contributed by atoms with Gasteiger partial charge in [0.25, 0.3) is 5.69 Å². The monoisotopic (exact) mass is 358 g/mol. The van der Waals surface area contributed by atoms with Crippen molar-refractivity contribution in [2.75, 3.05) is 26.2 Å². The Labute approximate surface area is 148 Å². The minimum absolute atomic E-state index is 0.000510. The standard InChI is InChI=1S/C16H18N6O4/c1-10(20-6-7-21-13(9-20)8-17-16(21)23)14-18-19-15(26-14)11-2-4-12(5-3-11)22(24)25/h2-5,10,13H,6-9H2,1H3,(H,17,23)/t10-,13-/m1/s1. The van der Waals surface area contributed by atoms with Crippen molar-refractivity contribution in [1.29, 1.82) is 0 Å². The van der Waals surface area contributed by atoms with Gasteiger partial charge < -0.3 is 14.6 Å². The van der Waals surface area contributed by atoms with E-state index < -0.39 is 4.92 Å². The molecule has 0 aliphatic carbocycles. The van der Waals surface area contributed by atoms with Gasteiger partial charge in [-0.15, -0.1) is 10.2 Å². The van der Waals surface area contributed by atoms with E-state index in [2.05, 4.69) is 20.4 Å². The summed E-state index contributed by atoms with van der Waals surface area (Å²) < 4.78 is 5.79. The van der Waals surface area contributed by atoms with Crippen molar-refractivity contribution in [2.24, 2.45) is 0 Å². The second-order valence-electron chi connectivity index (χ2n) is 6.45. The number of fused-ring (bicyclic) bond motifs is 1. The molecule has 2 fully saturated rings. The molecule has 2 amide bonds. The molecule has 2 atom stereocenters. The number of hydrogen-bond acceptors (Lipinski definition) is 7. The molecule has 0 spiro atoms. The summed E-state index contributed by atoms with van der Waals surface area (Å²) in [5, 5.41) is 21.8. The number of urea groups is 1. The maximum Gasteiger partial charge on any atom is 0.317 e. The van der Waals surface area contributed by atoms with Gasteiger partial charge in [-0.25, -0.2) is 4.79 Å². The Balaban J connectivity index is 1.47. The fourth-order valence-electron chi connectivity index (χ4n) is 3.38. The Bertz CT molecular complexity index is 836. The zero-order valence-corrected chi connectivity index (χ0v) is 14.2. The number of carbonyl (C=O) groups excluding carboxylic acids is 1. The molecule has 0 bridgehead atoms. The van der Waals surface area contributed by atoms with Gasteiger partial charge in [0.1, 0.15) is 0 Å². The highest BCUT2D eigenvalue weighted by atomic mass is 16.6. The first-order chi connectivity index (χ1) is 12.5. The molecule has 2 aliphatic heterocycles. The third-order valence-electron chi connectivity index (χ3n) is 4.93. The van der Waals surface area contributed by atoms with E-state index in [4.69, 9.17) is 4.42 Å². The number of nitrogens with one attached hydrogen (secondary N) is 1. The molecule has 26 heavy (non-hydrogen) atoms. The molecule has 1 aromatic carbocycles. The lowest BCUT2D eigenvalue weighted by atomic mass is 10.1. The van der Waals surface area contributed by atoms with Crippen LogP contribution in [0.15, 0.2) is 28.7 Å². The number of nitro benzene ring substituents is 1. The maximum absolute atomic E-state index is 11.7. The Kier molecular flexibility index (Phi) is 4.03. The number of non-ortho nitro benzene ring substituents is 1. The van der Waals surface area contributed by atoms with E-state index in [1.807, 2.05) is 11.8 Å². The van der Waals surface area contributed by atoms with Gasteiger partial charge in [-0.1, -0.05) is 0 Å². The van der Waals surface area contributed by atoms with E-state index in [0.29, 0.717) is 30.4 Å². The molecule has 2 aliphatic rings. The number of piperazine rings is 1. The first-order valence-corrected chi connectivity index (χ1v) is 8.39. The number of carbonyl (C=O) groups is 1. The van der Waals surface area contributed by atoms with Crippen LogP contribution in [0.5, 0.6) is 0 Å². The van der Waals surface area contributed by atoms with Crippen molar-refractivity contribution in [3.63, 3.8) is 0 Å². The van der Waals surface area contributed by atoms with Crippen LogP contribution in [0.4, 0.5) is 10.5 Å². The summed E-state index contributed by atoms with van der Waals surface area (Å²) >= 11 is 0. The summed E-state index contributed by atoms with van der Waals surface area (Å²) in [7, 11) is 0. The average Bonchev–Trinajstić information content (AvgIpc) is 3.28. The lowest BCUT2D eigenvalue weighted by Crippen LogP contribution is -2.52. The van der Waals surface area contributed by atoms with Crippen LogP contribution in [-0.2, 0) is 0 Å². The van der Waals surface area contributed by atoms with Gasteiger partial charge in [0.15, 0.2) is 0 Å². The van der Waals surface area contributed by atoms with Crippen molar-refractivity contribution in [3.8, 4) is 11.5 Å². The molecule has 3 heterocycles. The molecule has 0 radical (unpaired) electrons. The second-order valence-corrected chi connectivity index (χ2v) is 6.45. The van der Waals surface area contributed by atoms with Crippen molar-refractivity contribution < 1.29 is 14.1 Å². The van der Waals surface area contributed by atoms with Crippen LogP contribution in [0.2, 0.25) is 0 Å². The van der Waals surface area contributed by atoms with Crippen LogP contribution < -0.4 is 5.32 Å². The molecular formula is C16H18N6O4. The molecule has 0 saturated carbocycles. The Morgan fingerprint density at radius 3 is 2.81 bits per heavy atom. The Hall–Kier alpha value is -3.01. The maximum atomic E-state index is 11.7. The number of hydrogen-bond donors (Lipinski definition) is 1. The van der Waals surface area contributed by atoms with E-state index in [-0.39, 0.29) is 23.8 Å². The fourth-order valence-corrected chi connectivity index (χ4v) is 3.38. The zero-order chi connectivity index (χ0) is 18.3. The van der Waals surface area contributed by atoms with Crippen LogP contribution in [0.3, 0.4) is 0 Å². The average molecular weight is 358 g/mol. The van der Waals surface area contributed by atoms with Gasteiger partial charge in [0.05, 0.1) is 17.0 Å². The quantitative estimate of drug-likeness (QED) is 0.648. The molecule has 136 valence electrons. The van der Waals surface area contributed by atoms with Gasteiger partial charge in [0.2, 0.25) is 11.8 Å². The molecule has 10 heteroatoms. The highest BCUT2D eigenvalue weighted by Gasteiger charge is 2.37. The van der Waals surface area contributed by atoms with Crippen LogP contribution >= 0.6 is 0 Å². The molecule has 10 nitrogen and oxygen atoms in total. The third kappa shape index (κ3) is 2.88. The van der Waals surface area contributed by atoms with Gasteiger partial charge in [-0.2, -0.15) is 0 Å². The summed E-state index contributed by atoms with van der Waals surface area (Å²) in [5.41, 5.74) is 0.649. The Morgan fingerprint density at radius 2 is 2.08 bits per heavy atom. The van der Waals surface area contributed by atoms with Crippen LogP contribution in [0, 0.1) is 10.1 Å². The largest absolute Gasteiger partial charge is 0.419 e. The van der Waals surface area contributed by atoms with E-state index in [9.17, 15) is 14.9 Å². The third-order valence-corrected chi connectivity index (χ3v) is 4.93. The molecule has 4 rings (SSSR count).